The minimum absolute atomic E-state index is 0.0558. The Labute approximate surface area is 120 Å². The van der Waals surface area contributed by atoms with Gasteiger partial charge in [-0.05, 0) is 43.9 Å². The predicted molar refractivity (Wildman–Crippen MR) is 80.7 cm³/mol. The summed E-state index contributed by atoms with van der Waals surface area (Å²) in [7, 11) is 0. The van der Waals surface area contributed by atoms with E-state index >= 15 is 0 Å². The first-order chi connectivity index (χ1) is 9.74. The lowest BCUT2D eigenvalue weighted by atomic mass is 9.95. The van der Waals surface area contributed by atoms with Crippen LogP contribution in [0, 0.1) is 11.8 Å². The molecule has 2 unspecified atom stereocenters. The molecule has 1 aromatic rings. The van der Waals surface area contributed by atoms with Crippen LogP contribution in [0.4, 0.5) is 5.69 Å². The van der Waals surface area contributed by atoms with Crippen LogP contribution in [-0.4, -0.2) is 19.1 Å². The standard InChI is InChI=1S/C16H24N2O2/c1-2-9-20-14-7-4-6-13(10-14)18-16(19)15-8-3-5-12(15)11-17/h4,6-7,10,12,15H,2-3,5,8-9,11,17H2,1H3,(H,18,19). The molecule has 20 heavy (non-hydrogen) atoms. The van der Waals surface area contributed by atoms with Crippen molar-refractivity contribution in [3.63, 3.8) is 0 Å². The third kappa shape index (κ3) is 3.73. The fourth-order valence-corrected chi connectivity index (χ4v) is 2.78. The number of ether oxygens (including phenoxy) is 1. The number of anilines is 1. The van der Waals surface area contributed by atoms with Gasteiger partial charge in [0.15, 0.2) is 0 Å². The SMILES string of the molecule is CCCOc1cccc(NC(=O)C2CCCC2CN)c1. The van der Waals surface area contributed by atoms with Crippen molar-refractivity contribution >= 4 is 11.6 Å². The molecule has 0 heterocycles. The van der Waals surface area contributed by atoms with Crippen molar-refractivity contribution < 1.29 is 9.53 Å². The Bertz CT molecular complexity index is 448. The normalized spacial score (nSPS) is 21.7. The summed E-state index contributed by atoms with van der Waals surface area (Å²) >= 11 is 0. The van der Waals surface area contributed by atoms with Crippen LogP contribution in [0.5, 0.6) is 5.75 Å². The summed E-state index contributed by atoms with van der Waals surface area (Å²) < 4.78 is 5.57. The number of nitrogens with two attached hydrogens (primary N) is 1. The first-order valence-corrected chi connectivity index (χ1v) is 7.48. The van der Waals surface area contributed by atoms with E-state index in [-0.39, 0.29) is 11.8 Å². The monoisotopic (exact) mass is 276 g/mol. The van der Waals surface area contributed by atoms with Crippen molar-refractivity contribution in [1.29, 1.82) is 0 Å². The molecule has 2 rings (SSSR count). The summed E-state index contributed by atoms with van der Waals surface area (Å²) in [6.07, 6.45) is 4.07. The van der Waals surface area contributed by atoms with E-state index < -0.39 is 0 Å². The molecule has 1 aromatic carbocycles. The molecule has 1 amide bonds. The number of rotatable bonds is 6. The molecule has 0 aliphatic heterocycles. The maximum Gasteiger partial charge on any atom is 0.227 e. The van der Waals surface area contributed by atoms with Crippen LogP contribution in [0.3, 0.4) is 0 Å². The second-order valence-corrected chi connectivity index (χ2v) is 5.40. The molecular weight excluding hydrogens is 252 g/mol. The maximum absolute atomic E-state index is 12.3. The number of hydrogen-bond acceptors (Lipinski definition) is 3. The number of carbonyl (C=O) groups excluding carboxylic acids is 1. The molecule has 1 aliphatic carbocycles. The molecule has 110 valence electrons. The molecular formula is C16H24N2O2. The number of nitrogens with one attached hydrogen (secondary N) is 1. The Morgan fingerprint density at radius 2 is 2.30 bits per heavy atom. The van der Waals surface area contributed by atoms with Crippen molar-refractivity contribution in [3.05, 3.63) is 24.3 Å². The number of amides is 1. The molecule has 1 fully saturated rings. The molecule has 0 radical (unpaired) electrons. The zero-order valence-corrected chi connectivity index (χ0v) is 12.1. The lowest BCUT2D eigenvalue weighted by Crippen LogP contribution is -2.29. The van der Waals surface area contributed by atoms with E-state index in [1.165, 1.54) is 0 Å². The lowest BCUT2D eigenvalue weighted by molar-refractivity contribution is -0.120. The van der Waals surface area contributed by atoms with Crippen molar-refractivity contribution in [1.82, 2.24) is 0 Å². The van der Waals surface area contributed by atoms with Crippen molar-refractivity contribution in [2.24, 2.45) is 17.6 Å². The van der Waals surface area contributed by atoms with Gasteiger partial charge in [-0.1, -0.05) is 19.4 Å². The van der Waals surface area contributed by atoms with E-state index in [0.717, 1.165) is 37.1 Å². The molecule has 0 saturated heterocycles. The van der Waals surface area contributed by atoms with Crippen molar-refractivity contribution in [2.75, 3.05) is 18.5 Å². The first-order valence-electron chi connectivity index (χ1n) is 7.48. The fraction of sp³-hybridized carbons (Fsp3) is 0.562. The van der Waals surface area contributed by atoms with Crippen LogP contribution in [-0.2, 0) is 4.79 Å². The molecule has 2 atom stereocenters. The van der Waals surface area contributed by atoms with E-state index in [0.29, 0.717) is 19.1 Å². The smallest absolute Gasteiger partial charge is 0.227 e. The Morgan fingerprint density at radius 1 is 1.45 bits per heavy atom. The van der Waals surface area contributed by atoms with Crippen molar-refractivity contribution in [2.45, 2.75) is 32.6 Å². The Hall–Kier alpha value is -1.55. The number of benzene rings is 1. The van der Waals surface area contributed by atoms with Crippen LogP contribution < -0.4 is 15.8 Å². The van der Waals surface area contributed by atoms with Gasteiger partial charge in [-0.2, -0.15) is 0 Å². The molecule has 4 nitrogen and oxygen atoms in total. The highest BCUT2D eigenvalue weighted by atomic mass is 16.5. The average molecular weight is 276 g/mol. The summed E-state index contributed by atoms with van der Waals surface area (Å²) in [6.45, 7) is 3.35. The Morgan fingerprint density at radius 3 is 3.05 bits per heavy atom. The van der Waals surface area contributed by atoms with Gasteiger partial charge in [-0.25, -0.2) is 0 Å². The summed E-state index contributed by atoms with van der Waals surface area (Å²) in [4.78, 5) is 12.3. The first kappa shape index (κ1) is 14.9. The van der Waals surface area contributed by atoms with Gasteiger partial charge in [0, 0.05) is 17.7 Å². The highest BCUT2D eigenvalue weighted by Gasteiger charge is 2.31. The van der Waals surface area contributed by atoms with Gasteiger partial charge in [-0.3, -0.25) is 4.79 Å². The van der Waals surface area contributed by atoms with E-state index in [1.807, 2.05) is 24.3 Å². The van der Waals surface area contributed by atoms with Gasteiger partial charge >= 0.3 is 0 Å². The second-order valence-electron chi connectivity index (χ2n) is 5.40. The summed E-state index contributed by atoms with van der Waals surface area (Å²) in [6, 6.07) is 7.57. The van der Waals surface area contributed by atoms with E-state index in [2.05, 4.69) is 12.2 Å². The van der Waals surface area contributed by atoms with E-state index in [1.54, 1.807) is 0 Å². The maximum atomic E-state index is 12.3. The molecule has 0 aromatic heterocycles. The average Bonchev–Trinajstić information content (AvgIpc) is 2.94. The van der Waals surface area contributed by atoms with Crippen LogP contribution in [0.1, 0.15) is 32.6 Å². The quantitative estimate of drug-likeness (QED) is 0.839. The largest absolute Gasteiger partial charge is 0.494 e. The summed E-state index contributed by atoms with van der Waals surface area (Å²) in [5.74, 6) is 1.27. The van der Waals surface area contributed by atoms with Gasteiger partial charge in [0.25, 0.3) is 0 Å². The Balaban J connectivity index is 1.97. The Kier molecular flexibility index (Phi) is 5.41. The van der Waals surface area contributed by atoms with Crippen LogP contribution in [0.25, 0.3) is 0 Å². The fourth-order valence-electron chi connectivity index (χ4n) is 2.78. The zero-order chi connectivity index (χ0) is 14.4. The molecule has 1 saturated carbocycles. The zero-order valence-electron chi connectivity index (χ0n) is 12.1. The van der Waals surface area contributed by atoms with Gasteiger partial charge < -0.3 is 15.8 Å². The van der Waals surface area contributed by atoms with Crippen LogP contribution in [0.15, 0.2) is 24.3 Å². The molecule has 0 spiro atoms. The predicted octanol–water partition coefficient (Wildman–Crippen LogP) is 2.79. The lowest BCUT2D eigenvalue weighted by Gasteiger charge is -2.17. The third-order valence-corrected chi connectivity index (χ3v) is 3.87. The molecule has 3 N–H and O–H groups in total. The minimum atomic E-state index is 0.0558. The van der Waals surface area contributed by atoms with Gasteiger partial charge in [0.2, 0.25) is 5.91 Å². The van der Waals surface area contributed by atoms with Crippen LogP contribution in [0.2, 0.25) is 0 Å². The highest BCUT2D eigenvalue weighted by molar-refractivity contribution is 5.93. The topological polar surface area (TPSA) is 64.3 Å². The molecule has 0 bridgehead atoms. The number of hydrogen-bond donors (Lipinski definition) is 2. The van der Waals surface area contributed by atoms with Crippen molar-refractivity contribution in [3.8, 4) is 5.75 Å². The van der Waals surface area contributed by atoms with Gasteiger partial charge in [-0.15, -0.1) is 0 Å². The molecule has 4 heteroatoms. The summed E-state index contributed by atoms with van der Waals surface area (Å²) in [5, 5.41) is 2.99. The minimum Gasteiger partial charge on any atom is -0.494 e. The van der Waals surface area contributed by atoms with E-state index in [4.69, 9.17) is 10.5 Å². The second kappa shape index (κ2) is 7.29. The van der Waals surface area contributed by atoms with E-state index in [9.17, 15) is 4.79 Å². The highest BCUT2D eigenvalue weighted by Crippen LogP contribution is 2.32. The van der Waals surface area contributed by atoms with Crippen LogP contribution >= 0.6 is 0 Å². The number of carbonyl (C=O) groups is 1. The van der Waals surface area contributed by atoms with Gasteiger partial charge in [0.05, 0.1) is 6.61 Å². The molecule has 1 aliphatic rings. The summed E-state index contributed by atoms with van der Waals surface area (Å²) in [5.41, 5.74) is 6.53. The third-order valence-electron chi connectivity index (χ3n) is 3.87. The van der Waals surface area contributed by atoms with Gasteiger partial charge in [0.1, 0.15) is 5.75 Å².